The lowest BCUT2D eigenvalue weighted by molar-refractivity contribution is -0.160. The fourth-order valence-corrected chi connectivity index (χ4v) is 5.06. The number of ether oxygens (including phenoxy) is 2. The fourth-order valence-electron chi connectivity index (χ4n) is 5.06. The van der Waals surface area contributed by atoms with E-state index in [0.29, 0.717) is 46.9 Å². The van der Waals surface area contributed by atoms with Gasteiger partial charge in [-0.3, -0.25) is 0 Å². The molecule has 0 fully saturated rings. The lowest BCUT2D eigenvalue weighted by atomic mass is 9.91. The van der Waals surface area contributed by atoms with E-state index in [9.17, 15) is 9.90 Å². The molecular formula is C30H32FN3O4. The van der Waals surface area contributed by atoms with Crippen molar-refractivity contribution in [1.29, 1.82) is 0 Å². The third kappa shape index (κ3) is 4.65. The number of hydrogen-bond donors (Lipinski definition) is 1. The molecule has 1 aliphatic rings. The van der Waals surface area contributed by atoms with Crippen molar-refractivity contribution in [2.45, 2.75) is 66.1 Å². The molecule has 4 aromatic rings. The van der Waals surface area contributed by atoms with E-state index in [-0.39, 0.29) is 5.75 Å². The highest BCUT2D eigenvalue weighted by Crippen LogP contribution is 2.42. The molecular weight excluding hydrogens is 485 g/mol. The number of aromatic nitrogens is 3. The summed E-state index contributed by atoms with van der Waals surface area (Å²) in [5, 5.41) is 15.2. The fraction of sp³-hybridized carbons (Fsp3) is 0.367. The summed E-state index contributed by atoms with van der Waals surface area (Å²) < 4.78 is 28.8. The zero-order valence-corrected chi connectivity index (χ0v) is 22.6. The number of fused-ring (bicyclic) bond motifs is 2. The molecule has 0 aliphatic carbocycles. The van der Waals surface area contributed by atoms with Gasteiger partial charge in [0, 0.05) is 34.0 Å². The minimum atomic E-state index is -1.34. The number of carboxylic acid groups (broad SMARTS) is 1. The predicted octanol–water partition coefficient (Wildman–Crippen LogP) is 6.39. The zero-order chi connectivity index (χ0) is 27.4. The Morgan fingerprint density at radius 2 is 1.87 bits per heavy atom. The summed E-state index contributed by atoms with van der Waals surface area (Å²) in [5.41, 5.74) is 5.90. The van der Waals surface area contributed by atoms with E-state index < -0.39 is 23.5 Å². The number of carboxylic acids is 1. The first-order valence-corrected chi connectivity index (χ1v) is 12.8. The van der Waals surface area contributed by atoms with Gasteiger partial charge in [0.15, 0.2) is 23.3 Å². The molecule has 1 atom stereocenters. The normalized spacial score (nSPS) is 14.3. The number of hydrogen-bond acceptors (Lipinski definition) is 5. The molecule has 1 aliphatic heterocycles. The van der Waals surface area contributed by atoms with E-state index in [0.717, 1.165) is 28.7 Å². The highest BCUT2D eigenvalue weighted by molar-refractivity contribution is 5.82. The van der Waals surface area contributed by atoms with Crippen LogP contribution in [0.25, 0.3) is 28.2 Å². The second kappa shape index (κ2) is 9.51. The summed E-state index contributed by atoms with van der Waals surface area (Å²) >= 11 is 0. The van der Waals surface area contributed by atoms with Gasteiger partial charge in [-0.15, -0.1) is 0 Å². The predicted molar refractivity (Wildman–Crippen MR) is 143 cm³/mol. The maximum atomic E-state index is 15.5. The molecule has 0 saturated heterocycles. The van der Waals surface area contributed by atoms with Crippen molar-refractivity contribution in [3.8, 4) is 28.3 Å². The molecule has 3 heterocycles. The Morgan fingerprint density at radius 3 is 2.53 bits per heavy atom. The van der Waals surface area contributed by atoms with Crippen LogP contribution in [0.5, 0.6) is 5.75 Å². The van der Waals surface area contributed by atoms with E-state index in [2.05, 4.69) is 0 Å². The van der Waals surface area contributed by atoms with E-state index in [4.69, 9.17) is 19.6 Å². The Bertz CT molecular complexity index is 1550. The lowest BCUT2D eigenvalue weighted by Crippen LogP contribution is -2.29. The molecule has 0 radical (unpaired) electrons. The van der Waals surface area contributed by atoms with Crippen LogP contribution in [-0.2, 0) is 16.0 Å². The summed E-state index contributed by atoms with van der Waals surface area (Å²) in [6, 6.07) is 11.2. The Kier molecular flexibility index (Phi) is 6.47. The Balaban J connectivity index is 1.86. The summed E-state index contributed by atoms with van der Waals surface area (Å²) in [6.07, 6.45) is 0.102. The van der Waals surface area contributed by atoms with E-state index in [1.165, 1.54) is 6.07 Å². The van der Waals surface area contributed by atoms with Crippen molar-refractivity contribution in [3.63, 3.8) is 0 Å². The average molecular weight is 518 g/mol. The first-order valence-electron chi connectivity index (χ1n) is 12.8. The van der Waals surface area contributed by atoms with Gasteiger partial charge in [-0.2, -0.15) is 5.10 Å². The van der Waals surface area contributed by atoms with E-state index in [1.807, 2.05) is 44.2 Å². The van der Waals surface area contributed by atoms with Crippen LogP contribution in [0, 0.1) is 26.6 Å². The summed E-state index contributed by atoms with van der Waals surface area (Å²) in [6.45, 7) is 11.6. The van der Waals surface area contributed by atoms with Crippen LogP contribution in [0.2, 0.25) is 0 Å². The van der Waals surface area contributed by atoms with Crippen LogP contribution in [0.1, 0.15) is 61.2 Å². The molecule has 0 amide bonds. The Morgan fingerprint density at radius 1 is 1.16 bits per heavy atom. The van der Waals surface area contributed by atoms with Crippen molar-refractivity contribution in [2.75, 3.05) is 6.61 Å². The maximum absolute atomic E-state index is 15.5. The van der Waals surface area contributed by atoms with Crippen LogP contribution in [-0.4, -0.2) is 37.9 Å². The quantitative estimate of drug-likeness (QED) is 0.330. The zero-order valence-electron chi connectivity index (χ0n) is 22.6. The second-order valence-corrected chi connectivity index (χ2v) is 10.9. The molecule has 198 valence electrons. The van der Waals surface area contributed by atoms with Crippen LogP contribution in [0.4, 0.5) is 4.39 Å². The minimum Gasteiger partial charge on any atom is -0.490 e. The first kappa shape index (κ1) is 25.9. The SMILES string of the molecule is Cc1ccc(-c2cc3nc(C)c(C(OC(C)(C)C)C(=O)O)c(-c4cc(F)c5c(c4C)CCCO5)n3n2)cc1. The van der Waals surface area contributed by atoms with Gasteiger partial charge in [-0.1, -0.05) is 29.8 Å². The van der Waals surface area contributed by atoms with Gasteiger partial charge < -0.3 is 14.6 Å². The number of aryl methyl sites for hydroxylation is 2. The van der Waals surface area contributed by atoms with Gasteiger partial charge >= 0.3 is 5.97 Å². The van der Waals surface area contributed by atoms with Gasteiger partial charge in [0.25, 0.3) is 0 Å². The number of carbonyl (C=O) groups is 1. The monoisotopic (exact) mass is 517 g/mol. The number of nitrogens with zero attached hydrogens (tertiary/aromatic N) is 3. The van der Waals surface area contributed by atoms with Crippen LogP contribution < -0.4 is 4.74 Å². The van der Waals surface area contributed by atoms with Crippen molar-refractivity contribution >= 4 is 11.6 Å². The third-order valence-corrected chi connectivity index (χ3v) is 6.83. The number of halogens is 1. The summed E-state index contributed by atoms with van der Waals surface area (Å²) in [4.78, 5) is 17.4. The van der Waals surface area contributed by atoms with Gasteiger partial charge in [-0.05, 0) is 66.0 Å². The number of rotatable bonds is 5. The van der Waals surface area contributed by atoms with Gasteiger partial charge in [0.2, 0.25) is 0 Å². The molecule has 2 aromatic heterocycles. The van der Waals surface area contributed by atoms with Gasteiger partial charge in [-0.25, -0.2) is 18.7 Å². The first-order chi connectivity index (χ1) is 17.9. The van der Waals surface area contributed by atoms with Crippen LogP contribution >= 0.6 is 0 Å². The van der Waals surface area contributed by atoms with E-state index in [1.54, 1.807) is 32.2 Å². The largest absolute Gasteiger partial charge is 0.490 e. The molecule has 1 N–H and O–H groups in total. The number of benzene rings is 2. The standard InChI is InChI=1S/C30H32FN3O4/c1-16-9-11-19(12-10-16)23-15-24-32-18(3)25(28(29(35)36)38-30(4,5)6)26(34(24)33-23)21-14-22(31)27-20(17(21)2)8-7-13-37-27/h9-12,14-15,28H,7-8,13H2,1-6H3,(H,35,36). The van der Waals surface area contributed by atoms with Gasteiger partial charge in [0.05, 0.1) is 23.6 Å². The summed E-state index contributed by atoms with van der Waals surface area (Å²) in [5.74, 6) is -1.37. The molecule has 2 aromatic carbocycles. The summed E-state index contributed by atoms with van der Waals surface area (Å²) in [7, 11) is 0. The Hall–Kier alpha value is -3.78. The average Bonchev–Trinajstić information content (AvgIpc) is 3.27. The highest BCUT2D eigenvalue weighted by atomic mass is 19.1. The molecule has 8 heteroatoms. The molecule has 5 rings (SSSR count). The van der Waals surface area contributed by atoms with Crippen molar-refractivity contribution in [3.05, 3.63) is 70.2 Å². The second-order valence-electron chi connectivity index (χ2n) is 10.9. The topological polar surface area (TPSA) is 86.0 Å². The molecule has 7 nitrogen and oxygen atoms in total. The van der Waals surface area contributed by atoms with Crippen molar-refractivity contribution in [2.24, 2.45) is 0 Å². The van der Waals surface area contributed by atoms with E-state index >= 15 is 4.39 Å². The van der Waals surface area contributed by atoms with Crippen molar-refractivity contribution < 1.29 is 23.8 Å². The minimum absolute atomic E-state index is 0.266. The highest BCUT2D eigenvalue weighted by Gasteiger charge is 2.34. The Labute approximate surface area is 221 Å². The van der Waals surface area contributed by atoms with Crippen LogP contribution in [0.3, 0.4) is 0 Å². The molecule has 0 spiro atoms. The van der Waals surface area contributed by atoms with Crippen LogP contribution in [0.15, 0.2) is 36.4 Å². The molecule has 1 unspecified atom stereocenters. The maximum Gasteiger partial charge on any atom is 0.337 e. The van der Waals surface area contributed by atoms with Crippen molar-refractivity contribution in [1.82, 2.24) is 14.6 Å². The smallest absolute Gasteiger partial charge is 0.337 e. The number of aliphatic carboxylic acids is 1. The molecule has 38 heavy (non-hydrogen) atoms. The lowest BCUT2D eigenvalue weighted by Gasteiger charge is -2.28. The molecule has 0 saturated carbocycles. The third-order valence-electron chi connectivity index (χ3n) is 6.83. The van der Waals surface area contributed by atoms with Gasteiger partial charge in [0.1, 0.15) is 0 Å². The molecule has 0 bridgehead atoms.